The molecule has 4 aromatic rings. The SMILES string of the molecule is CC(C)(C)OC(=O)N[C@H]1C[C@H](Oc2ccc(C3(c4ccc(Oc5ccc(-n6nccn6)nn5)cc4)CC3)cc2)C1. The highest BCUT2D eigenvalue weighted by atomic mass is 16.6. The molecule has 6 rings (SSSR count). The third kappa shape index (κ3) is 5.75. The first-order chi connectivity index (χ1) is 19.3. The minimum absolute atomic E-state index is 0.0220. The maximum atomic E-state index is 11.9. The quantitative estimate of drug-likeness (QED) is 0.318. The molecule has 1 N–H and O–H groups in total. The number of aromatic nitrogens is 5. The molecule has 2 aromatic carbocycles. The van der Waals surface area contributed by atoms with Crippen LogP contribution < -0.4 is 14.8 Å². The molecule has 2 heterocycles. The molecule has 0 atom stereocenters. The Balaban J connectivity index is 1.02. The maximum Gasteiger partial charge on any atom is 0.407 e. The van der Waals surface area contributed by atoms with Crippen LogP contribution in [-0.4, -0.2) is 49.0 Å². The molecule has 2 aromatic heterocycles. The summed E-state index contributed by atoms with van der Waals surface area (Å²) in [6.45, 7) is 5.58. The lowest BCUT2D eigenvalue weighted by Gasteiger charge is -2.36. The number of hydrogen-bond donors (Lipinski definition) is 1. The highest BCUT2D eigenvalue weighted by molar-refractivity contribution is 5.68. The summed E-state index contributed by atoms with van der Waals surface area (Å²) >= 11 is 0. The van der Waals surface area contributed by atoms with Crippen LogP contribution in [0.5, 0.6) is 17.4 Å². The molecule has 2 aliphatic carbocycles. The molecule has 206 valence electrons. The van der Waals surface area contributed by atoms with Gasteiger partial charge < -0.3 is 19.5 Å². The first-order valence-corrected chi connectivity index (χ1v) is 13.5. The van der Waals surface area contributed by atoms with Crippen LogP contribution in [0.25, 0.3) is 5.82 Å². The van der Waals surface area contributed by atoms with Crippen LogP contribution >= 0.6 is 0 Å². The Morgan fingerprint density at radius 1 is 0.875 bits per heavy atom. The van der Waals surface area contributed by atoms with E-state index in [1.165, 1.54) is 15.9 Å². The normalized spacial score (nSPS) is 19.3. The summed E-state index contributed by atoms with van der Waals surface area (Å²) in [6.07, 6.45) is 6.64. The van der Waals surface area contributed by atoms with E-state index in [1.54, 1.807) is 24.5 Å². The van der Waals surface area contributed by atoms with E-state index in [4.69, 9.17) is 14.2 Å². The fourth-order valence-corrected chi connectivity index (χ4v) is 4.94. The minimum Gasteiger partial charge on any atom is -0.490 e. The molecule has 0 saturated heterocycles. The maximum absolute atomic E-state index is 11.9. The van der Waals surface area contributed by atoms with Gasteiger partial charge in [-0.15, -0.1) is 15.0 Å². The Labute approximate surface area is 232 Å². The van der Waals surface area contributed by atoms with Crippen molar-refractivity contribution < 1.29 is 19.0 Å². The first kappa shape index (κ1) is 25.8. The van der Waals surface area contributed by atoms with E-state index >= 15 is 0 Å². The predicted molar refractivity (Wildman–Crippen MR) is 147 cm³/mol. The van der Waals surface area contributed by atoms with E-state index in [0.29, 0.717) is 17.4 Å². The molecule has 0 unspecified atom stereocenters. The van der Waals surface area contributed by atoms with Gasteiger partial charge in [-0.3, -0.25) is 0 Å². The predicted octanol–water partition coefficient (Wildman–Crippen LogP) is 5.36. The second kappa shape index (κ2) is 10.3. The standard InChI is InChI=1S/C30H32N6O4/c1-29(2,3)40-28(37)33-22-18-25(19-22)38-23-8-4-20(5-9-23)30(14-15-30)21-6-10-24(11-7-21)39-27-13-12-26(34-35-27)36-31-16-17-32-36/h4-13,16-17,22,25H,14-15,18-19H2,1-3H3,(H,33,37)/t22-,25-. The van der Waals surface area contributed by atoms with E-state index < -0.39 is 5.60 Å². The van der Waals surface area contributed by atoms with Crippen molar-refractivity contribution in [3.63, 3.8) is 0 Å². The van der Waals surface area contributed by atoms with Crippen molar-refractivity contribution in [1.82, 2.24) is 30.5 Å². The molecule has 0 radical (unpaired) electrons. The van der Waals surface area contributed by atoms with Crippen LogP contribution in [0, 0.1) is 0 Å². The summed E-state index contributed by atoms with van der Waals surface area (Å²) in [5, 5.41) is 19.2. The average molecular weight is 541 g/mol. The summed E-state index contributed by atoms with van der Waals surface area (Å²) in [4.78, 5) is 13.3. The van der Waals surface area contributed by atoms with Gasteiger partial charge in [0.05, 0.1) is 12.4 Å². The van der Waals surface area contributed by atoms with Gasteiger partial charge in [-0.1, -0.05) is 24.3 Å². The van der Waals surface area contributed by atoms with Crippen molar-refractivity contribution in [2.75, 3.05) is 0 Å². The molecule has 2 fully saturated rings. The van der Waals surface area contributed by atoms with Crippen LogP contribution in [-0.2, 0) is 10.2 Å². The van der Waals surface area contributed by atoms with E-state index in [9.17, 15) is 4.79 Å². The number of nitrogens with zero attached hydrogens (tertiary/aromatic N) is 5. The third-order valence-electron chi connectivity index (χ3n) is 7.15. The molecule has 0 spiro atoms. The summed E-state index contributed by atoms with van der Waals surface area (Å²) in [5.74, 6) is 2.47. The van der Waals surface area contributed by atoms with Gasteiger partial charge in [0, 0.05) is 30.4 Å². The number of amides is 1. The zero-order valence-electron chi connectivity index (χ0n) is 22.8. The molecule has 2 aliphatic rings. The number of carbonyl (C=O) groups excluding carboxylic acids is 1. The van der Waals surface area contributed by atoms with Crippen molar-refractivity contribution in [1.29, 1.82) is 0 Å². The summed E-state index contributed by atoms with van der Waals surface area (Å²) < 4.78 is 17.3. The number of hydrogen-bond acceptors (Lipinski definition) is 8. The second-order valence-corrected chi connectivity index (χ2v) is 11.3. The van der Waals surface area contributed by atoms with Gasteiger partial charge in [0.25, 0.3) is 0 Å². The highest BCUT2D eigenvalue weighted by Crippen LogP contribution is 2.54. The van der Waals surface area contributed by atoms with Gasteiger partial charge in [0.2, 0.25) is 5.88 Å². The summed E-state index contributed by atoms with van der Waals surface area (Å²) in [5.41, 5.74) is 2.06. The van der Waals surface area contributed by atoms with Crippen molar-refractivity contribution in [2.45, 2.75) is 69.6 Å². The number of ether oxygens (including phenoxy) is 3. The number of alkyl carbamates (subject to hydrolysis) is 1. The highest BCUT2D eigenvalue weighted by Gasteiger charge is 2.45. The van der Waals surface area contributed by atoms with Gasteiger partial charge >= 0.3 is 6.09 Å². The molecule has 2 saturated carbocycles. The van der Waals surface area contributed by atoms with Crippen molar-refractivity contribution >= 4 is 6.09 Å². The van der Waals surface area contributed by atoms with Crippen molar-refractivity contribution in [3.05, 3.63) is 84.2 Å². The molecule has 0 bridgehead atoms. The summed E-state index contributed by atoms with van der Waals surface area (Å²) in [7, 11) is 0. The lowest BCUT2D eigenvalue weighted by molar-refractivity contribution is 0.0363. The molecular formula is C30H32N6O4. The van der Waals surface area contributed by atoms with E-state index in [0.717, 1.165) is 31.4 Å². The van der Waals surface area contributed by atoms with Gasteiger partial charge in [0.1, 0.15) is 23.2 Å². The zero-order chi connectivity index (χ0) is 27.7. The number of carbonyl (C=O) groups is 1. The van der Waals surface area contributed by atoms with Crippen LogP contribution in [0.2, 0.25) is 0 Å². The smallest absolute Gasteiger partial charge is 0.407 e. The fraction of sp³-hybridized carbons (Fsp3) is 0.367. The summed E-state index contributed by atoms with van der Waals surface area (Å²) in [6, 6.07) is 20.2. The molecule has 10 heteroatoms. The largest absolute Gasteiger partial charge is 0.490 e. The van der Waals surface area contributed by atoms with Crippen LogP contribution in [0.1, 0.15) is 57.6 Å². The fourth-order valence-electron chi connectivity index (χ4n) is 4.94. The Morgan fingerprint density at radius 3 is 2.05 bits per heavy atom. The van der Waals surface area contributed by atoms with E-state index in [-0.39, 0.29) is 23.7 Å². The molecule has 10 nitrogen and oxygen atoms in total. The van der Waals surface area contributed by atoms with Gasteiger partial charge in [-0.25, -0.2) is 4.79 Å². The zero-order valence-corrected chi connectivity index (χ0v) is 22.8. The third-order valence-corrected chi connectivity index (χ3v) is 7.15. The molecule has 40 heavy (non-hydrogen) atoms. The van der Waals surface area contributed by atoms with Gasteiger partial charge in [-0.2, -0.15) is 10.2 Å². The van der Waals surface area contributed by atoms with Gasteiger partial charge in [0.15, 0.2) is 5.82 Å². The van der Waals surface area contributed by atoms with Crippen LogP contribution in [0.3, 0.4) is 0 Å². The van der Waals surface area contributed by atoms with Crippen molar-refractivity contribution in [3.8, 4) is 23.2 Å². The van der Waals surface area contributed by atoms with Gasteiger partial charge in [-0.05, 0) is 75.1 Å². The monoisotopic (exact) mass is 540 g/mol. The second-order valence-electron chi connectivity index (χ2n) is 11.3. The molecular weight excluding hydrogens is 508 g/mol. The number of nitrogens with one attached hydrogen (secondary N) is 1. The topological polar surface area (TPSA) is 113 Å². The Morgan fingerprint density at radius 2 is 1.50 bits per heavy atom. The number of rotatable bonds is 8. The molecule has 1 amide bonds. The Kier molecular flexibility index (Phi) is 6.61. The Bertz CT molecular complexity index is 1440. The minimum atomic E-state index is -0.498. The number of benzene rings is 2. The lowest BCUT2D eigenvalue weighted by atomic mass is 9.88. The van der Waals surface area contributed by atoms with Crippen LogP contribution in [0.15, 0.2) is 73.1 Å². The van der Waals surface area contributed by atoms with Crippen molar-refractivity contribution in [2.24, 2.45) is 0 Å². The average Bonchev–Trinajstić information content (AvgIpc) is 3.53. The Hall–Kier alpha value is -4.47. The van der Waals surface area contributed by atoms with Crippen LogP contribution in [0.4, 0.5) is 4.79 Å². The lowest BCUT2D eigenvalue weighted by Crippen LogP contribution is -2.50. The molecule has 0 aliphatic heterocycles. The van der Waals surface area contributed by atoms with E-state index in [2.05, 4.69) is 50.0 Å². The van der Waals surface area contributed by atoms with E-state index in [1.807, 2.05) is 45.0 Å². The first-order valence-electron chi connectivity index (χ1n) is 13.5.